The van der Waals surface area contributed by atoms with Crippen molar-refractivity contribution >= 4 is 10.8 Å². The third-order valence-corrected chi connectivity index (χ3v) is 2.20. The summed E-state index contributed by atoms with van der Waals surface area (Å²) in [6.07, 6.45) is -4.64. The Bertz CT molecular complexity index is 517. The summed E-state index contributed by atoms with van der Waals surface area (Å²) in [7, 11) is 0. The SMILES string of the molecule is Cc1ccc2ccc(OC(F)(F)F)cc2c1. The van der Waals surface area contributed by atoms with Crippen molar-refractivity contribution in [1.29, 1.82) is 0 Å². The summed E-state index contributed by atoms with van der Waals surface area (Å²) >= 11 is 0. The number of fused-ring (bicyclic) bond motifs is 1. The largest absolute Gasteiger partial charge is 0.573 e. The lowest BCUT2D eigenvalue weighted by Crippen LogP contribution is -2.16. The monoisotopic (exact) mass is 226 g/mol. The van der Waals surface area contributed by atoms with E-state index in [1.54, 1.807) is 6.07 Å². The minimum absolute atomic E-state index is 0.189. The van der Waals surface area contributed by atoms with Gasteiger partial charge in [0.25, 0.3) is 0 Å². The molecule has 4 heteroatoms. The summed E-state index contributed by atoms with van der Waals surface area (Å²) in [6, 6.07) is 9.89. The van der Waals surface area contributed by atoms with E-state index in [1.807, 2.05) is 25.1 Å². The van der Waals surface area contributed by atoms with Crippen molar-refractivity contribution < 1.29 is 17.9 Å². The molecule has 0 aromatic heterocycles. The van der Waals surface area contributed by atoms with Crippen LogP contribution in [0.3, 0.4) is 0 Å². The number of hydrogen-bond acceptors (Lipinski definition) is 1. The first kappa shape index (κ1) is 10.8. The molecule has 0 spiro atoms. The minimum atomic E-state index is -4.64. The zero-order valence-electron chi connectivity index (χ0n) is 8.51. The molecule has 0 fully saturated rings. The molecule has 16 heavy (non-hydrogen) atoms. The molecular formula is C12H9F3O. The maximum absolute atomic E-state index is 12.0. The van der Waals surface area contributed by atoms with Gasteiger partial charge in [0, 0.05) is 0 Å². The fourth-order valence-electron chi connectivity index (χ4n) is 1.54. The van der Waals surface area contributed by atoms with E-state index in [0.29, 0.717) is 0 Å². The molecule has 1 nitrogen and oxygen atoms in total. The topological polar surface area (TPSA) is 9.23 Å². The Kier molecular flexibility index (Phi) is 2.50. The maximum atomic E-state index is 12.0. The van der Waals surface area contributed by atoms with Gasteiger partial charge >= 0.3 is 6.36 Å². The molecular weight excluding hydrogens is 217 g/mol. The molecule has 0 amide bonds. The molecule has 0 N–H and O–H groups in total. The average Bonchev–Trinajstić information content (AvgIpc) is 2.14. The van der Waals surface area contributed by atoms with E-state index in [0.717, 1.165) is 16.3 Å². The summed E-state index contributed by atoms with van der Waals surface area (Å²) in [5.74, 6) is -0.189. The summed E-state index contributed by atoms with van der Waals surface area (Å²) in [5, 5.41) is 1.63. The van der Waals surface area contributed by atoms with Gasteiger partial charge in [-0.25, -0.2) is 0 Å². The van der Waals surface area contributed by atoms with Gasteiger partial charge in [-0.2, -0.15) is 0 Å². The highest BCUT2D eigenvalue weighted by Crippen LogP contribution is 2.26. The van der Waals surface area contributed by atoms with Crippen LogP contribution in [0.25, 0.3) is 10.8 Å². The predicted molar refractivity (Wildman–Crippen MR) is 55.4 cm³/mol. The van der Waals surface area contributed by atoms with Crippen LogP contribution >= 0.6 is 0 Å². The van der Waals surface area contributed by atoms with Crippen LogP contribution in [0.2, 0.25) is 0 Å². The standard InChI is InChI=1S/C12H9F3O/c1-8-2-3-9-4-5-11(7-10(9)6-8)16-12(13,14)15/h2-7H,1H3. The van der Waals surface area contributed by atoms with Crippen LogP contribution in [0.4, 0.5) is 13.2 Å². The molecule has 0 bridgehead atoms. The fourth-order valence-corrected chi connectivity index (χ4v) is 1.54. The third kappa shape index (κ3) is 2.45. The normalized spacial score (nSPS) is 11.8. The number of alkyl halides is 3. The first-order chi connectivity index (χ1) is 7.44. The van der Waals surface area contributed by atoms with Crippen LogP contribution < -0.4 is 4.74 Å². The lowest BCUT2D eigenvalue weighted by molar-refractivity contribution is -0.274. The van der Waals surface area contributed by atoms with Crippen molar-refractivity contribution in [3.05, 3.63) is 42.0 Å². The van der Waals surface area contributed by atoms with Gasteiger partial charge in [0.1, 0.15) is 5.75 Å². The van der Waals surface area contributed by atoms with Crippen molar-refractivity contribution in [2.45, 2.75) is 13.3 Å². The quantitative estimate of drug-likeness (QED) is 0.712. The Morgan fingerprint density at radius 3 is 2.31 bits per heavy atom. The zero-order chi connectivity index (χ0) is 11.8. The smallest absolute Gasteiger partial charge is 0.406 e. The van der Waals surface area contributed by atoms with Crippen molar-refractivity contribution in [3.63, 3.8) is 0 Å². The van der Waals surface area contributed by atoms with E-state index < -0.39 is 6.36 Å². The molecule has 0 unspecified atom stereocenters. The van der Waals surface area contributed by atoms with Crippen LogP contribution in [0.5, 0.6) is 5.75 Å². The number of halogens is 3. The first-order valence-electron chi connectivity index (χ1n) is 4.70. The molecule has 0 atom stereocenters. The van der Waals surface area contributed by atoms with E-state index in [1.165, 1.54) is 12.1 Å². The Morgan fingerprint density at radius 2 is 1.62 bits per heavy atom. The van der Waals surface area contributed by atoms with Gasteiger partial charge < -0.3 is 4.74 Å². The van der Waals surface area contributed by atoms with Gasteiger partial charge in [0.05, 0.1) is 0 Å². The van der Waals surface area contributed by atoms with Crippen LogP contribution in [0.1, 0.15) is 5.56 Å². The molecule has 0 aliphatic heterocycles. The molecule has 2 rings (SSSR count). The highest BCUT2D eigenvalue weighted by molar-refractivity contribution is 5.84. The molecule has 2 aromatic carbocycles. The number of aryl methyl sites for hydroxylation is 1. The molecule has 0 saturated heterocycles. The first-order valence-corrected chi connectivity index (χ1v) is 4.70. The van der Waals surface area contributed by atoms with E-state index in [2.05, 4.69) is 4.74 Å². The lowest BCUT2D eigenvalue weighted by Gasteiger charge is -2.09. The number of rotatable bonds is 1. The van der Waals surface area contributed by atoms with E-state index >= 15 is 0 Å². The average molecular weight is 226 g/mol. The number of benzene rings is 2. The third-order valence-electron chi connectivity index (χ3n) is 2.20. The van der Waals surface area contributed by atoms with Gasteiger partial charge in [-0.3, -0.25) is 0 Å². The van der Waals surface area contributed by atoms with Gasteiger partial charge in [-0.05, 0) is 29.8 Å². The van der Waals surface area contributed by atoms with E-state index in [4.69, 9.17) is 0 Å². The Balaban J connectivity index is 2.43. The van der Waals surface area contributed by atoms with Gasteiger partial charge in [0.2, 0.25) is 0 Å². The second-order valence-corrected chi connectivity index (χ2v) is 3.56. The Labute approximate surface area is 90.5 Å². The van der Waals surface area contributed by atoms with Gasteiger partial charge in [-0.15, -0.1) is 13.2 Å². The van der Waals surface area contributed by atoms with Gasteiger partial charge in [0.15, 0.2) is 0 Å². The van der Waals surface area contributed by atoms with Gasteiger partial charge in [-0.1, -0.05) is 29.8 Å². The van der Waals surface area contributed by atoms with E-state index in [-0.39, 0.29) is 5.75 Å². The Morgan fingerprint density at radius 1 is 0.938 bits per heavy atom. The van der Waals surface area contributed by atoms with Crippen molar-refractivity contribution in [2.75, 3.05) is 0 Å². The van der Waals surface area contributed by atoms with Crippen molar-refractivity contribution in [3.8, 4) is 5.75 Å². The summed E-state index contributed by atoms with van der Waals surface area (Å²) in [5.41, 5.74) is 0.997. The van der Waals surface area contributed by atoms with Crippen LogP contribution in [0.15, 0.2) is 36.4 Å². The van der Waals surface area contributed by atoms with Crippen LogP contribution in [-0.4, -0.2) is 6.36 Å². The van der Waals surface area contributed by atoms with E-state index in [9.17, 15) is 13.2 Å². The van der Waals surface area contributed by atoms with Crippen molar-refractivity contribution in [1.82, 2.24) is 0 Å². The molecule has 0 aliphatic carbocycles. The predicted octanol–water partition coefficient (Wildman–Crippen LogP) is 4.05. The summed E-state index contributed by atoms with van der Waals surface area (Å²) in [4.78, 5) is 0. The molecule has 2 aromatic rings. The maximum Gasteiger partial charge on any atom is 0.573 e. The lowest BCUT2D eigenvalue weighted by atomic mass is 10.1. The Hall–Kier alpha value is -1.71. The number of ether oxygens (including phenoxy) is 1. The van der Waals surface area contributed by atoms with Crippen LogP contribution in [0, 0.1) is 6.92 Å². The summed E-state index contributed by atoms with van der Waals surface area (Å²) in [6.45, 7) is 1.89. The summed E-state index contributed by atoms with van der Waals surface area (Å²) < 4.78 is 39.8. The highest BCUT2D eigenvalue weighted by atomic mass is 19.4. The second-order valence-electron chi connectivity index (χ2n) is 3.56. The fraction of sp³-hybridized carbons (Fsp3) is 0.167. The molecule has 0 aliphatic rings. The molecule has 0 radical (unpaired) electrons. The molecule has 84 valence electrons. The molecule has 0 saturated carbocycles. The second kappa shape index (κ2) is 3.70. The van der Waals surface area contributed by atoms with Crippen molar-refractivity contribution in [2.24, 2.45) is 0 Å². The number of hydrogen-bond donors (Lipinski definition) is 0. The highest BCUT2D eigenvalue weighted by Gasteiger charge is 2.31. The minimum Gasteiger partial charge on any atom is -0.406 e. The molecule has 0 heterocycles. The zero-order valence-corrected chi connectivity index (χ0v) is 8.51. The van der Waals surface area contributed by atoms with Crippen LogP contribution in [-0.2, 0) is 0 Å².